The molecule has 0 bridgehead atoms. The van der Waals surface area contributed by atoms with E-state index in [2.05, 4.69) is 5.32 Å². The second-order valence-corrected chi connectivity index (χ2v) is 3.90. The zero-order valence-electron chi connectivity index (χ0n) is 10.5. The van der Waals surface area contributed by atoms with Gasteiger partial charge in [0, 0.05) is 32.3 Å². The minimum absolute atomic E-state index is 0.0252. The quantitative estimate of drug-likeness (QED) is 0.691. The van der Waals surface area contributed by atoms with Crippen LogP contribution < -0.4 is 10.9 Å². The predicted octanol–water partition coefficient (Wildman–Crippen LogP) is -0.546. The van der Waals surface area contributed by atoms with Gasteiger partial charge >= 0.3 is 5.97 Å². The number of carbonyl (C=O) groups excluding carboxylic acids is 1. The average molecular weight is 268 g/mol. The van der Waals surface area contributed by atoms with Crippen LogP contribution in [0.4, 0.5) is 0 Å². The summed E-state index contributed by atoms with van der Waals surface area (Å²) in [7, 11) is 1.35. The molecule has 2 N–H and O–H groups in total. The number of aryl methyl sites for hydroxylation is 1. The second kappa shape index (κ2) is 7.32. The van der Waals surface area contributed by atoms with Crippen LogP contribution in [0.1, 0.15) is 6.42 Å². The number of rotatable bonds is 7. The van der Waals surface area contributed by atoms with Crippen LogP contribution >= 0.6 is 0 Å². The van der Waals surface area contributed by atoms with Gasteiger partial charge in [-0.3, -0.25) is 9.59 Å². The van der Waals surface area contributed by atoms with E-state index in [1.807, 2.05) is 0 Å². The summed E-state index contributed by atoms with van der Waals surface area (Å²) in [6, 6.07) is 3.61. The number of carboxylic acids is 1. The van der Waals surface area contributed by atoms with E-state index in [-0.39, 0.29) is 25.1 Å². The second-order valence-electron chi connectivity index (χ2n) is 3.90. The number of hydrogen-bond acceptors (Lipinski definition) is 4. The number of amides is 1. The molecule has 1 aromatic rings. The molecule has 0 aromatic carbocycles. The van der Waals surface area contributed by atoms with E-state index in [1.54, 1.807) is 18.3 Å². The summed E-state index contributed by atoms with van der Waals surface area (Å²) in [5.41, 5.74) is -0.207. The van der Waals surface area contributed by atoms with E-state index in [4.69, 9.17) is 9.84 Å². The highest BCUT2D eigenvalue weighted by Gasteiger charge is 2.19. The molecule has 7 nitrogen and oxygen atoms in total. The molecule has 7 heteroatoms. The molecule has 1 atom stereocenters. The van der Waals surface area contributed by atoms with Gasteiger partial charge in [0.2, 0.25) is 5.91 Å². The normalized spacial score (nSPS) is 11.8. The van der Waals surface area contributed by atoms with Gasteiger partial charge in [-0.15, -0.1) is 0 Å². The van der Waals surface area contributed by atoms with Gasteiger partial charge in [-0.25, -0.2) is 4.79 Å². The van der Waals surface area contributed by atoms with Gasteiger partial charge in [0.25, 0.3) is 5.56 Å². The molecular weight excluding hydrogens is 252 g/mol. The van der Waals surface area contributed by atoms with Gasteiger partial charge in [0.1, 0.15) is 0 Å². The lowest BCUT2D eigenvalue weighted by Gasteiger charge is -2.13. The smallest absolute Gasteiger partial charge is 0.328 e. The van der Waals surface area contributed by atoms with Crippen LogP contribution in [-0.2, 0) is 20.9 Å². The van der Waals surface area contributed by atoms with E-state index in [1.165, 1.54) is 17.7 Å². The fraction of sp³-hybridized carbons (Fsp3) is 0.417. The fourth-order valence-corrected chi connectivity index (χ4v) is 1.48. The molecule has 0 aliphatic heterocycles. The Kier molecular flexibility index (Phi) is 5.74. The molecule has 1 heterocycles. The highest BCUT2D eigenvalue weighted by molar-refractivity contribution is 5.83. The number of aliphatic carboxylic acids is 1. The highest BCUT2D eigenvalue weighted by Crippen LogP contribution is 1.91. The lowest BCUT2D eigenvalue weighted by Crippen LogP contribution is -2.44. The van der Waals surface area contributed by atoms with Crippen molar-refractivity contribution in [3.63, 3.8) is 0 Å². The van der Waals surface area contributed by atoms with E-state index >= 15 is 0 Å². The van der Waals surface area contributed by atoms with Crippen molar-refractivity contribution in [3.05, 3.63) is 34.7 Å². The monoisotopic (exact) mass is 268 g/mol. The van der Waals surface area contributed by atoms with Gasteiger partial charge < -0.3 is 19.7 Å². The van der Waals surface area contributed by atoms with Crippen LogP contribution in [0.5, 0.6) is 0 Å². The van der Waals surface area contributed by atoms with Crippen LogP contribution in [0.25, 0.3) is 0 Å². The molecule has 0 aliphatic rings. The molecule has 104 valence electrons. The number of methoxy groups -OCH3 is 1. The molecule has 1 amide bonds. The molecule has 19 heavy (non-hydrogen) atoms. The van der Waals surface area contributed by atoms with Crippen LogP contribution in [0.3, 0.4) is 0 Å². The topological polar surface area (TPSA) is 97.6 Å². The summed E-state index contributed by atoms with van der Waals surface area (Å²) in [5, 5.41) is 11.2. The van der Waals surface area contributed by atoms with E-state index in [0.29, 0.717) is 0 Å². The Hall–Kier alpha value is -2.15. The Morgan fingerprint density at radius 2 is 2.21 bits per heavy atom. The standard InChI is InChI=1S/C12H16N2O5/c1-19-8-9(12(17)18)13-10(15)5-7-14-6-3-2-4-11(14)16/h2-4,6,9H,5,7-8H2,1H3,(H,13,15)(H,17,18). The largest absolute Gasteiger partial charge is 0.480 e. The summed E-state index contributed by atoms with van der Waals surface area (Å²) in [4.78, 5) is 33.8. The molecule has 0 spiro atoms. The Balaban J connectivity index is 2.49. The molecule has 0 radical (unpaired) electrons. The van der Waals surface area contributed by atoms with Crippen LogP contribution in [0.15, 0.2) is 29.2 Å². The number of nitrogens with one attached hydrogen (secondary N) is 1. The SMILES string of the molecule is COCC(NC(=O)CCn1ccccc1=O)C(=O)O. The maximum atomic E-state index is 11.6. The van der Waals surface area contributed by atoms with Crippen molar-refractivity contribution in [2.24, 2.45) is 0 Å². The van der Waals surface area contributed by atoms with Gasteiger partial charge in [0.05, 0.1) is 6.61 Å². The molecule has 1 aromatic heterocycles. The van der Waals surface area contributed by atoms with Crippen molar-refractivity contribution in [2.45, 2.75) is 19.0 Å². The number of hydrogen-bond donors (Lipinski definition) is 2. The summed E-state index contributed by atoms with van der Waals surface area (Å²) in [6.45, 7) is 0.0944. The van der Waals surface area contributed by atoms with Crippen molar-refractivity contribution in [3.8, 4) is 0 Å². The molecule has 1 rings (SSSR count). The Bertz CT molecular complexity index is 497. The molecular formula is C12H16N2O5. The lowest BCUT2D eigenvalue weighted by molar-refractivity contribution is -0.143. The zero-order chi connectivity index (χ0) is 14.3. The maximum absolute atomic E-state index is 11.6. The van der Waals surface area contributed by atoms with Crippen molar-refractivity contribution in [1.82, 2.24) is 9.88 Å². The third kappa shape index (κ3) is 4.92. The Morgan fingerprint density at radius 3 is 2.79 bits per heavy atom. The van der Waals surface area contributed by atoms with Crippen molar-refractivity contribution in [2.75, 3.05) is 13.7 Å². The Labute approximate surface area is 109 Å². The summed E-state index contributed by atoms with van der Waals surface area (Å²) in [5.74, 6) is -1.60. The maximum Gasteiger partial charge on any atom is 0.328 e. The third-order valence-electron chi connectivity index (χ3n) is 2.45. The number of carbonyl (C=O) groups is 2. The van der Waals surface area contributed by atoms with Crippen molar-refractivity contribution < 1.29 is 19.4 Å². The summed E-state index contributed by atoms with van der Waals surface area (Å²) < 4.78 is 6.08. The highest BCUT2D eigenvalue weighted by atomic mass is 16.5. The molecule has 0 saturated heterocycles. The van der Waals surface area contributed by atoms with E-state index < -0.39 is 17.9 Å². The lowest BCUT2D eigenvalue weighted by atomic mass is 10.3. The molecule has 0 saturated carbocycles. The number of nitrogens with zero attached hydrogens (tertiary/aromatic N) is 1. The number of carboxylic acid groups (broad SMARTS) is 1. The molecule has 0 aliphatic carbocycles. The van der Waals surface area contributed by atoms with Gasteiger partial charge in [0.15, 0.2) is 6.04 Å². The van der Waals surface area contributed by atoms with E-state index in [9.17, 15) is 14.4 Å². The molecule has 1 unspecified atom stereocenters. The van der Waals surface area contributed by atoms with Gasteiger partial charge in [-0.2, -0.15) is 0 Å². The minimum atomic E-state index is -1.16. The number of ether oxygens (including phenoxy) is 1. The number of pyridine rings is 1. The predicted molar refractivity (Wildman–Crippen MR) is 66.8 cm³/mol. The molecule has 0 fully saturated rings. The first-order valence-electron chi connectivity index (χ1n) is 5.71. The van der Waals surface area contributed by atoms with Crippen LogP contribution in [-0.4, -0.2) is 41.3 Å². The average Bonchev–Trinajstić information content (AvgIpc) is 2.37. The fourth-order valence-electron chi connectivity index (χ4n) is 1.48. The number of aromatic nitrogens is 1. The van der Waals surface area contributed by atoms with E-state index in [0.717, 1.165) is 0 Å². The summed E-state index contributed by atoms with van der Waals surface area (Å²) in [6.07, 6.45) is 1.59. The first-order valence-corrected chi connectivity index (χ1v) is 5.71. The minimum Gasteiger partial charge on any atom is -0.480 e. The van der Waals surface area contributed by atoms with Gasteiger partial charge in [-0.05, 0) is 6.07 Å². The Morgan fingerprint density at radius 1 is 1.47 bits per heavy atom. The van der Waals surface area contributed by atoms with Gasteiger partial charge in [-0.1, -0.05) is 6.07 Å². The van der Waals surface area contributed by atoms with Crippen LogP contribution in [0, 0.1) is 0 Å². The third-order valence-corrected chi connectivity index (χ3v) is 2.45. The zero-order valence-corrected chi connectivity index (χ0v) is 10.5. The first-order chi connectivity index (χ1) is 9.04. The summed E-state index contributed by atoms with van der Waals surface area (Å²) >= 11 is 0. The first kappa shape index (κ1) is 14.9. The van der Waals surface area contributed by atoms with Crippen molar-refractivity contribution >= 4 is 11.9 Å². The van der Waals surface area contributed by atoms with Crippen LogP contribution in [0.2, 0.25) is 0 Å². The van der Waals surface area contributed by atoms with Crippen molar-refractivity contribution in [1.29, 1.82) is 0 Å².